The van der Waals surface area contributed by atoms with Gasteiger partial charge in [0.05, 0.1) is 0 Å². The molecular weight excluding hydrogens is 311 g/mol. The monoisotopic (exact) mass is 310 g/mol. The summed E-state index contributed by atoms with van der Waals surface area (Å²) in [6.45, 7) is 0. The molecule has 1 fully saturated rings. The highest BCUT2D eigenvalue weighted by atomic mass is 79.9. The van der Waals surface area contributed by atoms with Gasteiger partial charge in [-0.3, -0.25) is 0 Å². The molecule has 0 radical (unpaired) electrons. The quantitative estimate of drug-likeness (QED) is 0.474. The van der Waals surface area contributed by atoms with Crippen LogP contribution in [0.2, 0.25) is 0 Å². The van der Waals surface area contributed by atoms with E-state index in [1.54, 1.807) is 0 Å². The summed E-state index contributed by atoms with van der Waals surface area (Å²) >= 11 is 0.910. The highest BCUT2D eigenvalue weighted by Crippen LogP contribution is 2.70. The Morgan fingerprint density at radius 1 is 0.467 bits per heavy atom. The maximum absolute atomic E-state index is 12.6. The lowest BCUT2D eigenvalue weighted by atomic mass is 10.2. The fourth-order valence-corrected chi connectivity index (χ4v) is 1.48. The number of hydrogen-bond donors (Lipinski definition) is 0. The van der Waals surface area contributed by atoms with Gasteiger partial charge < -0.3 is 0 Å². The normalized spacial score (nSPS) is 34.0. The summed E-state index contributed by atoms with van der Waals surface area (Å²) < 4.78 is 106. The Balaban J connectivity index is 3.55. The van der Waals surface area contributed by atoms with E-state index >= 15 is 0 Å². The summed E-state index contributed by atoms with van der Waals surface area (Å²) in [6, 6.07) is 0. The van der Waals surface area contributed by atoms with E-state index in [4.69, 9.17) is 0 Å². The third kappa shape index (κ3) is 0.967. The third-order valence-corrected chi connectivity index (χ3v) is 2.97. The van der Waals surface area contributed by atoms with Gasteiger partial charge in [0.25, 0.3) is 0 Å². The topological polar surface area (TPSA) is 0 Å². The van der Waals surface area contributed by atoms with Crippen molar-refractivity contribution in [3.63, 3.8) is 0 Å². The summed E-state index contributed by atoms with van der Waals surface area (Å²) in [5.74, 6) is -25.4. The average Bonchev–Trinajstić information content (AvgIpc) is 2.04. The first-order chi connectivity index (χ1) is 6.25. The van der Waals surface area contributed by atoms with Gasteiger partial charge in [-0.05, 0) is 15.9 Å². The lowest BCUT2D eigenvalue weighted by Gasteiger charge is -2.24. The molecule has 0 unspecified atom stereocenters. The van der Waals surface area contributed by atoms with E-state index in [2.05, 4.69) is 0 Å². The fourth-order valence-electron chi connectivity index (χ4n) is 0.986. The average molecular weight is 311 g/mol. The van der Waals surface area contributed by atoms with Crippen molar-refractivity contribution in [3.05, 3.63) is 0 Å². The van der Waals surface area contributed by atoms with Crippen molar-refractivity contribution in [1.82, 2.24) is 0 Å². The zero-order valence-electron chi connectivity index (χ0n) is 6.28. The zero-order chi connectivity index (χ0) is 12.5. The first-order valence-electron chi connectivity index (χ1n) is 3.14. The predicted octanol–water partition coefficient (Wildman–Crippen LogP) is 3.60. The van der Waals surface area contributed by atoms with Crippen molar-refractivity contribution in [2.24, 2.45) is 0 Å². The van der Waals surface area contributed by atoms with E-state index in [9.17, 15) is 39.5 Å². The van der Waals surface area contributed by atoms with Crippen molar-refractivity contribution >= 4 is 15.9 Å². The van der Waals surface area contributed by atoms with Crippen molar-refractivity contribution in [2.45, 2.75) is 28.3 Å². The van der Waals surface area contributed by atoms with Gasteiger partial charge in [0.2, 0.25) is 0 Å². The minimum atomic E-state index is -6.48. The van der Waals surface area contributed by atoms with Crippen LogP contribution in [0.15, 0.2) is 0 Å². The van der Waals surface area contributed by atoms with E-state index in [-0.39, 0.29) is 0 Å². The molecule has 0 aromatic carbocycles. The van der Waals surface area contributed by atoms with Gasteiger partial charge in [-0.1, -0.05) is 0 Å². The van der Waals surface area contributed by atoms with Crippen LogP contribution in [0.1, 0.15) is 0 Å². The zero-order valence-corrected chi connectivity index (χ0v) is 7.87. The summed E-state index contributed by atoms with van der Waals surface area (Å²) in [4.78, 5) is 0. The number of alkyl halides is 10. The second kappa shape index (κ2) is 2.57. The molecule has 0 amide bonds. The maximum Gasteiger partial charge on any atom is 0.382 e. The van der Waals surface area contributed by atoms with Crippen LogP contribution in [0, 0.1) is 0 Å². The van der Waals surface area contributed by atoms with E-state index in [0.717, 1.165) is 15.9 Å². The lowest BCUT2D eigenvalue weighted by molar-refractivity contribution is -0.303. The minimum Gasteiger partial charge on any atom is -0.217 e. The van der Waals surface area contributed by atoms with Crippen LogP contribution in [0.4, 0.5) is 39.5 Å². The predicted molar refractivity (Wildman–Crippen MR) is 32.6 cm³/mol. The number of halogens is 10. The van der Waals surface area contributed by atoms with E-state index in [1.165, 1.54) is 0 Å². The number of hydrogen-bond acceptors (Lipinski definition) is 0. The Hall–Kier alpha value is -0.150. The van der Waals surface area contributed by atoms with Crippen molar-refractivity contribution < 1.29 is 39.5 Å². The molecule has 0 aromatic rings. The molecule has 0 N–H and O–H groups in total. The molecule has 15 heavy (non-hydrogen) atoms. The van der Waals surface area contributed by atoms with Crippen LogP contribution < -0.4 is 0 Å². The Morgan fingerprint density at radius 3 is 0.733 bits per heavy atom. The van der Waals surface area contributed by atoms with Gasteiger partial charge in [0.1, 0.15) is 0 Å². The SMILES string of the molecule is FC1(F)C(F)(F)C(F)(F)C(F)(Br)C1(F)F. The molecule has 0 spiro atoms. The van der Waals surface area contributed by atoms with Crippen LogP contribution in [-0.2, 0) is 0 Å². The highest BCUT2D eigenvalue weighted by molar-refractivity contribution is 9.10. The lowest BCUT2D eigenvalue weighted by Crippen LogP contribution is -2.51. The minimum absolute atomic E-state index is 0.910. The van der Waals surface area contributed by atoms with Crippen LogP contribution in [-0.4, -0.2) is 28.3 Å². The van der Waals surface area contributed by atoms with Crippen molar-refractivity contribution in [2.75, 3.05) is 0 Å². The molecular formula is C5BrF9. The summed E-state index contributed by atoms with van der Waals surface area (Å²) in [7, 11) is 0. The van der Waals surface area contributed by atoms with Crippen LogP contribution in [0.25, 0.3) is 0 Å². The molecule has 10 heteroatoms. The molecule has 90 valence electrons. The first-order valence-corrected chi connectivity index (χ1v) is 3.93. The molecule has 1 aliphatic rings. The van der Waals surface area contributed by atoms with Crippen molar-refractivity contribution in [3.8, 4) is 0 Å². The first kappa shape index (κ1) is 12.9. The molecule has 0 bridgehead atoms. The van der Waals surface area contributed by atoms with E-state index in [1.807, 2.05) is 0 Å². The Bertz CT molecular complexity index is 203. The van der Waals surface area contributed by atoms with Gasteiger partial charge in [-0.15, -0.1) is 0 Å². The molecule has 0 heterocycles. The van der Waals surface area contributed by atoms with Gasteiger partial charge >= 0.3 is 28.3 Å². The highest BCUT2D eigenvalue weighted by Gasteiger charge is 3.00. The van der Waals surface area contributed by atoms with E-state index < -0.39 is 28.3 Å². The van der Waals surface area contributed by atoms with Gasteiger partial charge in [-0.2, -0.15) is 35.1 Å². The van der Waals surface area contributed by atoms with Gasteiger partial charge in [0.15, 0.2) is 0 Å². The summed E-state index contributed by atoms with van der Waals surface area (Å²) in [5.41, 5.74) is 0. The Morgan fingerprint density at radius 2 is 0.667 bits per heavy atom. The molecule has 1 saturated carbocycles. The Kier molecular flexibility index (Phi) is 2.21. The second-order valence-corrected chi connectivity index (χ2v) is 3.96. The fraction of sp³-hybridized carbons (Fsp3) is 1.00. The summed E-state index contributed by atoms with van der Waals surface area (Å²) in [5, 5.41) is 0. The molecule has 1 aliphatic carbocycles. The largest absolute Gasteiger partial charge is 0.382 e. The molecule has 0 atom stereocenters. The number of rotatable bonds is 0. The molecule has 0 saturated heterocycles. The van der Waals surface area contributed by atoms with Crippen LogP contribution >= 0.6 is 15.9 Å². The maximum atomic E-state index is 12.6. The summed E-state index contributed by atoms with van der Waals surface area (Å²) in [6.07, 6.45) is 0. The smallest absolute Gasteiger partial charge is 0.217 e. The molecule has 1 rings (SSSR count). The standard InChI is InChI=1S/C5BrF9/c6-1(7)2(8,9)4(12,13)5(14,15)3(1,10)11. The van der Waals surface area contributed by atoms with Gasteiger partial charge in [-0.25, -0.2) is 4.39 Å². The van der Waals surface area contributed by atoms with Crippen molar-refractivity contribution in [1.29, 1.82) is 0 Å². The molecule has 0 aliphatic heterocycles. The van der Waals surface area contributed by atoms with Gasteiger partial charge in [0, 0.05) is 0 Å². The van der Waals surface area contributed by atoms with Crippen LogP contribution in [0.3, 0.4) is 0 Å². The third-order valence-electron chi connectivity index (χ3n) is 1.97. The molecule has 0 nitrogen and oxygen atoms in total. The van der Waals surface area contributed by atoms with Crippen LogP contribution in [0.5, 0.6) is 0 Å². The van der Waals surface area contributed by atoms with E-state index in [0.29, 0.717) is 0 Å². The second-order valence-electron chi connectivity index (χ2n) is 2.87. The Labute approximate surface area is 84.6 Å². The molecule has 0 aromatic heterocycles.